The zero-order valence-electron chi connectivity index (χ0n) is 14.9. The molecule has 4 rings (SSSR count). The number of likely N-dealkylation sites (tertiary alicyclic amines) is 1. The van der Waals surface area contributed by atoms with Gasteiger partial charge in [0.2, 0.25) is 0 Å². The molecule has 0 spiro atoms. The van der Waals surface area contributed by atoms with E-state index in [1.807, 2.05) is 25.1 Å². The summed E-state index contributed by atoms with van der Waals surface area (Å²) in [6, 6.07) is 7.43. The molecule has 7 heteroatoms. The Bertz CT molecular complexity index is 943. The second kappa shape index (κ2) is 6.46. The number of carbonyl (C=O) groups is 1. The van der Waals surface area contributed by atoms with Gasteiger partial charge in [0, 0.05) is 25.8 Å². The van der Waals surface area contributed by atoms with Crippen LogP contribution in [0, 0.1) is 0 Å². The number of para-hydroxylation sites is 1. The molecule has 0 saturated carbocycles. The van der Waals surface area contributed by atoms with Gasteiger partial charge >= 0.3 is 0 Å². The van der Waals surface area contributed by atoms with Gasteiger partial charge in [-0.15, -0.1) is 0 Å². The predicted molar refractivity (Wildman–Crippen MR) is 100.0 cm³/mol. The van der Waals surface area contributed by atoms with E-state index in [1.54, 1.807) is 4.90 Å². The lowest BCUT2D eigenvalue weighted by Crippen LogP contribution is -2.30. The molecule has 1 aromatic heterocycles. The Morgan fingerprint density at radius 1 is 1.19 bits per heavy atom. The maximum absolute atomic E-state index is 13.2. The van der Waals surface area contributed by atoms with E-state index in [-0.39, 0.29) is 10.8 Å². The molecule has 138 valence electrons. The third-order valence-electron chi connectivity index (χ3n) is 5.29. The summed E-state index contributed by atoms with van der Waals surface area (Å²) in [6.45, 7) is 3.94. The second-order valence-electron chi connectivity index (χ2n) is 6.85. The van der Waals surface area contributed by atoms with Gasteiger partial charge in [-0.3, -0.25) is 9.10 Å². The van der Waals surface area contributed by atoms with Crippen LogP contribution in [0.4, 0.5) is 5.69 Å². The molecule has 0 unspecified atom stereocenters. The zero-order chi connectivity index (χ0) is 18.3. The molecule has 0 aliphatic carbocycles. The monoisotopic (exact) mass is 373 g/mol. The molecule has 2 aliphatic rings. The van der Waals surface area contributed by atoms with E-state index in [9.17, 15) is 13.2 Å². The van der Waals surface area contributed by atoms with E-state index in [2.05, 4.69) is 4.98 Å². The van der Waals surface area contributed by atoms with Crippen LogP contribution >= 0.6 is 0 Å². The summed E-state index contributed by atoms with van der Waals surface area (Å²) < 4.78 is 27.9. The number of hydrogen-bond acceptors (Lipinski definition) is 3. The fourth-order valence-corrected chi connectivity index (χ4v) is 5.43. The number of anilines is 1. The first-order chi connectivity index (χ1) is 12.5. The summed E-state index contributed by atoms with van der Waals surface area (Å²) in [6.07, 6.45) is 4.93. The van der Waals surface area contributed by atoms with Crippen molar-refractivity contribution in [3.05, 3.63) is 47.3 Å². The largest absolute Gasteiger partial charge is 0.356 e. The molecule has 2 aliphatic heterocycles. The van der Waals surface area contributed by atoms with Gasteiger partial charge in [-0.1, -0.05) is 25.1 Å². The minimum Gasteiger partial charge on any atom is -0.356 e. The molecule has 2 aromatic rings. The van der Waals surface area contributed by atoms with Crippen molar-refractivity contribution in [3.63, 3.8) is 0 Å². The van der Waals surface area contributed by atoms with Crippen LogP contribution < -0.4 is 4.31 Å². The highest BCUT2D eigenvalue weighted by atomic mass is 32.2. The molecule has 3 heterocycles. The number of carbonyl (C=O) groups excluding carboxylic acids is 1. The summed E-state index contributed by atoms with van der Waals surface area (Å²) in [7, 11) is -3.69. The molecule has 6 nitrogen and oxygen atoms in total. The number of hydrogen-bond donors (Lipinski definition) is 1. The molecule has 1 fully saturated rings. The minimum atomic E-state index is -3.69. The number of H-pyrrole nitrogens is 1. The predicted octanol–water partition coefficient (Wildman–Crippen LogP) is 2.56. The highest BCUT2D eigenvalue weighted by molar-refractivity contribution is 7.92. The zero-order valence-corrected chi connectivity index (χ0v) is 15.7. The Hall–Kier alpha value is -2.28. The Balaban J connectivity index is 1.66. The van der Waals surface area contributed by atoms with Gasteiger partial charge < -0.3 is 9.88 Å². The van der Waals surface area contributed by atoms with Crippen LogP contribution in [-0.4, -0.2) is 43.8 Å². The molecule has 0 atom stereocenters. The van der Waals surface area contributed by atoms with E-state index in [0.29, 0.717) is 18.7 Å². The number of aryl methyl sites for hydroxylation is 1. The normalized spacial score (nSPS) is 17.0. The van der Waals surface area contributed by atoms with Crippen molar-refractivity contribution in [2.75, 3.05) is 23.9 Å². The van der Waals surface area contributed by atoms with E-state index < -0.39 is 10.0 Å². The number of rotatable bonds is 4. The van der Waals surface area contributed by atoms with E-state index in [1.165, 1.54) is 16.6 Å². The second-order valence-corrected chi connectivity index (χ2v) is 8.72. The van der Waals surface area contributed by atoms with Crippen LogP contribution in [0.15, 0.2) is 35.4 Å². The molecule has 1 saturated heterocycles. The summed E-state index contributed by atoms with van der Waals surface area (Å²) in [5.41, 5.74) is 3.25. The number of benzene rings is 1. The maximum Gasteiger partial charge on any atom is 0.270 e. The van der Waals surface area contributed by atoms with Gasteiger partial charge in [-0.2, -0.15) is 0 Å². The minimum absolute atomic E-state index is 0.125. The highest BCUT2D eigenvalue weighted by Gasteiger charge is 2.33. The number of sulfonamides is 1. The van der Waals surface area contributed by atoms with Crippen molar-refractivity contribution in [3.8, 4) is 0 Å². The third kappa shape index (κ3) is 2.70. The van der Waals surface area contributed by atoms with Crippen molar-refractivity contribution in [2.24, 2.45) is 0 Å². The van der Waals surface area contributed by atoms with Gasteiger partial charge in [-0.05, 0) is 42.9 Å². The number of nitrogens with zero attached hydrogens (tertiary/aromatic N) is 2. The number of fused-ring (bicyclic) bond motifs is 1. The van der Waals surface area contributed by atoms with Crippen LogP contribution in [0.1, 0.15) is 41.4 Å². The molecular weight excluding hydrogens is 350 g/mol. The molecule has 0 radical (unpaired) electrons. The van der Waals surface area contributed by atoms with E-state index in [0.717, 1.165) is 49.2 Å². The van der Waals surface area contributed by atoms with Crippen molar-refractivity contribution >= 4 is 21.6 Å². The third-order valence-corrected chi connectivity index (χ3v) is 7.06. The lowest BCUT2D eigenvalue weighted by atomic mass is 10.1. The Morgan fingerprint density at radius 3 is 2.69 bits per heavy atom. The average Bonchev–Trinajstić information content (AvgIpc) is 3.40. The quantitative estimate of drug-likeness (QED) is 0.895. The Morgan fingerprint density at radius 2 is 1.96 bits per heavy atom. The fourth-order valence-electron chi connectivity index (χ4n) is 3.89. The van der Waals surface area contributed by atoms with Crippen molar-refractivity contribution in [1.82, 2.24) is 9.88 Å². The molecule has 1 aromatic carbocycles. The molecule has 1 amide bonds. The summed E-state index contributed by atoms with van der Waals surface area (Å²) in [4.78, 5) is 17.3. The maximum atomic E-state index is 13.2. The number of nitrogens with one attached hydrogen (secondary N) is 1. The highest BCUT2D eigenvalue weighted by Crippen LogP contribution is 2.36. The first-order valence-electron chi connectivity index (χ1n) is 9.13. The lowest BCUT2D eigenvalue weighted by Gasteiger charge is -2.21. The SMILES string of the molecule is CCc1cccc2c1N(S(=O)(=O)c1c[nH]c(C(=O)N3CCCC3)c1)CC2. The first-order valence-corrected chi connectivity index (χ1v) is 10.6. The molecule has 0 bridgehead atoms. The topological polar surface area (TPSA) is 73.5 Å². The smallest absolute Gasteiger partial charge is 0.270 e. The number of amides is 1. The summed E-state index contributed by atoms with van der Waals surface area (Å²) in [5.74, 6) is -0.125. The molecular formula is C19H23N3O3S. The van der Waals surface area contributed by atoms with Gasteiger partial charge in [-0.25, -0.2) is 8.42 Å². The van der Waals surface area contributed by atoms with Crippen LogP contribution in [-0.2, 0) is 22.9 Å². The van der Waals surface area contributed by atoms with Crippen molar-refractivity contribution in [1.29, 1.82) is 0 Å². The summed E-state index contributed by atoms with van der Waals surface area (Å²) >= 11 is 0. The first kappa shape index (κ1) is 17.1. The molecule has 1 N–H and O–H groups in total. The van der Waals surface area contributed by atoms with Crippen molar-refractivity contribution in [2.45, 2.75) is 37.5 Å². The van der Waals surface area contributed by atoms with E-state index >= 15 is 0 Å². The van der Waals surface area contributed by atoms with Crippen molar-refractivity contribution < 1.29 is 13.2 Å². The van der Waals surface area contributed by atoms with Gasteiger partial charge in [0.1, 0.15) is 10.6 Å². The number of aromatic nitrogens is 1. The average molecular weight is 373 g/mol. The number of aromatic amines is 1. The van der Waals surface area contributed by atoms with Gasteiger partial charge in [0.05, 0.1) is 5.69 Å². The lowest BCUT2D eigenvalue weighted by molar-refractivity contribution is 0.0787. The van der Waals surface area contributed by atoms with Crippen LogP contribution in [0.2, 0.25) is 0 Å². The molecule has 26 heavy (non-hydrogen) atoms. The standard InChI is InChI=1S/C19H23N3O3S/c1-2-14-6-5-7-15-8-11-22(18(14)15)26(24,25)16-12-17(20-13-16)19(23)21-9-3-4-10-21/h5-7,12-13,20H,2-4,8-11H2,1H3. The van der Waals surface area contributed by atoms with E-state index in [4.69, 9.17) is 0 Å². The fraction of sp³-hybridized carbons (Fsp3) is 0.421. The van der Waals surface area contributed by atoms with Gasteiger partial charge in [0.25, 0.3) is 15.9 Å². The summed E-state index contributed by atoms with van der Waals surface area (Å²) in [5, 5.41) is 0. The van der Waals surface area contributed by atoms with Crippen LogP contribution in [0.3, 0.4) is 0 Å². The van der Waals surface area contributed by atoms with Crippen LogP contribution in [0.5, 0.6) is 0 Å². The van der Waals surface area contributed by atoms with Crippen LogP contribution in [0.25, 0.3) is 0 Å². The Kier molecular flexibility index (Phi) is 4.26. The van der Waals surface area contributed by atoms with Gasteiger partial charge in [0.15, 0.2) is 0 Å². The Labute approximate surface area is 153 Å².